The van der Waals surface area contributed by atoms with Crippen LogP contribution in [0.4, 0.5) is 0 Å². The lowest BCUT2D eigenvalue weighted by Gasteiger charge is -2.06. The summed E-state index contributed by atoms with van der Waals surface area (Å²) in [5, 5.41) is 6.85. The molecule has 23 heavy (non-hydrogen) atoms. The fourth-order valence-corrected chi connectivity index (χ4v) is 2.75. The second-order valence-electron chi connectivity index (χ2n) is 5.45. The summed E-state index contributed by atoms with van der Waals surface area (Å²) in [5.41, 5.74) is 3.41. The second-order valence-corrected chi connectivity index (χ2v) is 5.45. The summed E-state index contributed by atoms with van der Waals surface area (Å²) in [6, 6.07) is 25.1. The standard InChI is InChI=1S/C21H16N2/c1-2-8-20-16-17(10-12-18(20)6-1)11-13-19-7-3-4-9-21(19)23-15-5-14-22-23/h1-16H/b13-11+. The number of nitrogens with zero attached hydrogens (tertiary/aromatic N) is 2. The van der Waals surface area contributed by atoms with Crippen LogP contribution in [0, 0.1) is 0 Å². The number of hydrogen-bond acceptors (Lipinski definition) is 1. The van der Waals surface area contributed by atoms with Crippen LogP contribution in [0.2, 0.25) is 0 Å². The zero-order chi connectivity index (χ0) is 15.5. The Bertz CT molecular complexity index is 966. The molecule has 0 N–H and O–H groups in total. The van der Waals surface area contributed by atoms with Crippen molar-refractivity contribution >= 4 is 22.9 Å². The van der Waals surface area contributed by atoms with Crippen LogP contribution in [0.5, 0.6) is 0 Å². The van der Waals surface area contributed by atoms with E-state index in [4.69, 9.17) is 0 Å². The lowest BCUT2D eigenvalue weighted by atomic mass is 10.1. The fourth-order valence-electron chi connectivity index (χ4n) is 2.75. The summed E-state index contributed by atoms with van der Waals surface area (Å²) < 4.78 is 1.89. The largest absolute Gasteiger partial charge is 0.240 e. The van der Waals surface area contributed by atoms with Gasteiger partial charge in [-0.3, -0.25) is 0 Å². The molecule has 1 aromatic heterocycles. The van der Waals surface area contributed by atoms with E-state index in [1.54, 1.807) is 6.20 Å². The summed E-state index contributed by atoms with van der Waals surface area (Å²) in [5.74, 6) is 0. The Morgan fingerprint density at radius 3 is 2.43 bits per heavy atom. The van der Waals surface area contributed by atoms with Gasteiger partial charge < -0.3 is 0 Å². The van der Waals surface area contributed by atoms with Crippen molar-refractivity contribution in [2.24, 2.45) is 0 Å². The highest BCUT2D eigenvalue weighted by atomic mass is 15.3. The molecule has 0 fully saturated rings. The number of benzene rings is 3. The van der Waals surface area contributed by atoms with Gasteiger partial charge in [0, 0.05) is 18.0 Å². The number of aromatic nitrogens is 2. The zero-order valence-corrected chi connectivity index (χ0v) is 12.6. The van der Waals surface area contributed by atoms with Crippen LogP contribution < -0.4 is 0 Å². The summed E-state index contributed by atoms with van der Waals surface area (Å²) in [4.78, 5) is 0. The molecule has 0 aliphatic carbocycles. The maximum Gasteiger partial charge on any atom is 0.0717 e. The minimum Gasteiger partial charge on any atom is -0.240 e. The zero-order valence-electron chi connectivity index (χ0n) is 12.6. The molecule has 0 aliphatic rings. The quantitative estimate of drug-likeness (QED) is 0.475. The van der Waals surface area contributed by atoms with Gasteiger partial charge in [-0.05, 0) is 34.5 Å². The van der Waals surface area contributed by atoms with Gasteiger partial charge in [-0.1, -0.05) is 66.7 Å². The third-order valence-corrected chi connectivity index (χ3v) is 3.92. The molecule has 0 saturated carbocycles. The van der Waals surface area contributed by atoms with Crippen molar-refractivity contribution in [1.82, 2.24) is 9.78 Å². The first-order valence-electron chi connectivity index (χ1n) is 7.66. The van der Waals surface area contributed by atoms with E-state index in [0.29, 0.717) is 0 Å². The molecule has 2 heteroatoms. The molecule has 0 amide bonds. The normalized spacial score (nSPS) is 11.3. The Morgan fingerprint density at radius 2 is 1.57 bits per heavy atom. The molecule has 0 atom stereocenters. The van der Waals surface area contributed by atoms with Crippen molar-refractivity contribution in [3.05, 3.63) is 96.3 Å². The van der Waals surface area contributed by atoms with Gasteiger partial charge in [0.15, 0.2) is 0 Å². The first kappa shape index (κ1) is 13.5. The third kappa shape index (κ3) is 2.79. The van der Waals surface area contributed by atoms with Gasteiger partial charge in [-0.2, -0.15) is 5.10 Å². The number of fused-ring (bicyclic) bond motifs is 1. The van der Waals surface area contributed by atoms with Gasteiger partial charge in [-0.15, -0.1) is 0 Å². The molecular weight excluding hydrogens is 280 g/mol. The first-order valence-corrected chi connectivity index (χ1v) is 7.66. The molecule has 0 aliphatic heterocycles. The molecule has 4 rings (SSSR count). The maximum absolute atomic E-state index is 4.33. The summed E-state index contributed by atoms with van der Waals surface area (Å²) in [7, 11) is 0. The van der Waals surface area contributed by atoms with Gasteiger partial charge in [0.1, 0.15) is 0 Å². The highest BCUT2D eigenvalue weighted by Gasteiger charge is 2.01. The van der Waals surface area contributed by atoms with Crippen LogP contribution >= 0.6 is 0 Å². The Kier molecular flexibility index (Phi) is 3.49. The molecular formula is C21H16N2. The minimum absolute atomic E-state index is 1.08. The van der Waals surface area contributed by atoms with Crippen LogP contribution in [0.1, 0.15) is 11.1 Å². The molecule has 110 valence electrons. The van der Waals surface area contributed by atoms with Crippen molar-refractivity contribution < 1.29 is 0 Å². The summed E-state index contributed by atoms with van der Waals surface area (Å²) >= 11 is 0. The van der Waals surface area contributed by atoms with Gasteiger partial charge in [-0.25, -0.2) is 4.68 Å². The van der Waals surface area contributed by atoms with Crippen LogP contribution in [-0.4, -0.2) is 9.78 Å². The molecule has 0 bridgehead atoms. The van der Waals surface area contributed by atoms with E-state index < -0.39 is 0 Å². The molecule has 0 spiro atoms. The molecule has 2 nitrogen and oxygen atoms in total. The molecule has 4 aromatic rings. The van der Waals surface area contributed by atoms with Gasteiger partial charge >= 0.3 is 0 Å². The average molecular weight is 296 g/mol. The summed E-state index contributed by atoms with van der Waals surface area (Å²) in [6.45, 7) is 0. The van der Waals surface area contributed by atoms with E-state index in [2.05, 4.69) is 71.8 Å². The average Bonchev–Trinajstić information content (AvgIpc) is 3.14. The second kappa shape index (κ2) is 5.93. The summed E-state index contributed by atoms with van der Waals surface area (Å²) in [6.07, 6.45) is 8.04. The smallest absolute Gasteiger partial charge is 0.0717 e. The third-order valence-electron chi connectivity index (χ3n) is 3.92. The van der Waals surface area contributed by atoms with E-state index >= 15 is 0 Å². The van der Waals surface area contributed by atoms with Crippen molar-refractivity contribution in [2.75, 3.05) is 0 Å². The lowest BCUT2D eigenvalue weighted by molar-refractivity contribution is 0.878. The van der Waals surface area contributed by atoms with Gasteiger partial charge in [0.05, 0.1) is 5.69 Å². The lowest BCUT2D eigenvalue weighted by Crippen LogP contribution is -1.96. The van der Waals surface area contributed by atoms with E-state index in [9.17, 15) is 0 Å². The van der Waals surface area contributed by atoms with E-state index in [1.165, 1.54) is 16.3 Å². The monoisotopic (exact) mass is 296 g/mol. The molecule has 1 heterocycles. The minimum atomic E-state index is 1.08. The van der Waals surface area contributed by atoms with Crippen molar-refractivity contribution in [2.45, 2.75) is 0 Å². The molecule has 3 aromatic carbocycles. The van der Waals surface area contributed by atoms with Crippen molar-refractivity contribution in [1.29, 1.82) is 0 Å². The molecule has 0 saturated heterocycles. The van der Waals surface area contributed by atoms with Crippen LogP contribution in [0.25, 0.3) is 28.6 Å². The topological polar surface area (TPSA) is 17.8 Å². The van der Waals surface area contributed by atoms with Crippen LogP contribution in [0.15, 0.2) is 85.2 Å². The highest BCUT2D eigenvalue weighted by Crippen LogP contribution is 2.19. The number of hydrogen-bond donors (Lipinski definition) is 0. The maximum atomic E-state index is 4.33. The molecule has 0 unspecified atom stereocenters. The Morgan fingerprint density at radius 1 is 0.739 bits per heavy atom. The first-order chi connectivity index (χ1) is 11.4. The molecule has 0 radical (unpaired) electrons. The van der Waals surface area contributed by atoms with Crippen molar-refractivity contribution in [3.63, 3.8) is 0 Å². The van der Waals surface area contributed by atoms with Crippen LogP contribution in [0.3, 0.4) is 0 Å². The number of para-hydroxylation sites is 1. The van der Waals surface area contributed by atoms with E-state index in [1.807, 2.05) is 29.1 Å². The Balaban J connectivity index is 1.71. The van der Waals surface area contributed by atoms with Crippen molar-refractivity contribution in [3.8, 4) is 5.69 Å². The SMILES string of the molecule is C(=C\c1ccccc1-n1cccn1)/c1ccc2ccccc2c1. The van der Waals surface area contributed by atoms with Gasteiger partial charge in [0.2, 0.25) is 0 Å². The van der Waals surface area contributed by atoms with E-state index in [0.717, 1.165) is 11.3 Å². The predicted octanol–water partition coefficient (Wildman–Crippen LogP) is 5.20. The van der Waals surface area contributed by atoms with Gasteiger partial charge in [0.25, 0.3) is 0 Å². The highest BCUT2D eigenvalue weighted by molar-refractivity contribution is 5.86. The number of rotatable bonds is 3. The predicted molar refractivity (Wildman–Crippen MR) is 96.4 cm³/mol. The fraction of sp³-hybridized carbons (Fsp3) is 0. The Hall–Kier alpha value is -3.13. The van der Waals surface area contributed by atoms with Crippen LogP contribution in [-0.2, 0) is 0 Å². The van der Waals surface area contributed by atoms with E-state index in [-0.39, 0.29) is 0 Å². The Labute approximate surface area is 135 Å².